The molecule has 0 aliphatic heterocycles. The van der Waals surface area contributed by atoms with Crippen molar-refractivity contribution in [1.29, 1.82) is 0 Å². The van der Waals surface area contributed by atoms with Gasteiger partial charge in [-0.15, -0.1) is 0 Å². The lowest BCUT2D eigenvalue weighted by Crippen LogP contribution is -2.46. The molecule has 5 nitrogen and oxygen atoms in total. The van der Waals surface area contributed by atoms with Gasteiger partial charge in [-0.25, -0.2) is 0 Å². The van der Waals surface area contributed by atoms with Crippen LogP contribution in [0.5, 0.6) is 0 Å². The van der Waals surface area contributed by atoms with Crippen LogP contribution in [0.3, 0.4) is 0 Å². The largest absolute Gasteiger partial charge is 0.508 e. The number of aliphatic hydroxyl groups excluding tert-OH is 1. The summed E-state index contributed by atoms with van der Waals surface area (Å²) >= 11 is 0. The highest BCUT2D eigenvalue weighted by Gasteiger charge is 2.58. The standard InChI is InChI=1S/C21H30O5/c1-12(2)7-9-15-19(24)18(16(22)11-14(5)6)20(25)21(15,26)17(23)10-8-13(3)4/h7-8,14-15,25-26H,9-11H2,1-6H3/t15-,21?/m1/s1. The smallest absolute Gasteiger partial charge is 0.191 e. The number of allylic oxidation sites excluding steroid dienone is 5. The second-order valence-electron chi connectivity index (χ2n) is 7.85. The predicted molar refractivity (Wildman–Crippen MR) is 101 cm³/mol. The van der Waals surface area contributed by atoms with Crippen LogP contribution in [-0.4, -0.2) is 33.2 Å². The number of ketones is 3. The highest BCUT2D eigenvalue weighted by Crippen LogP contribution is 2.41. The van der Waals surface area contributed by atoms with E-state index in [2.05, 4.69) is 0 Å². The van der Waals surface area contributed by atoms with Gasteiger partial charge in [0.15, 0.2) is 23.0 Å². The second-order valence-corrected chi connectivity index (χ2v) is 7.85. The van der Waals surface area contributed by atoms with Gasteiger partial charge in [-0.05, 0) is 40.0 Å². The lowest BCUT2D eigenvalue weighted by atomic mass is 9.81. The molecule has 2 atom stereocenters. The third kappa shape index (κ3) is 4.58. The Morgan fingerprint density at radius 2 is 1.65 bits per heavy atom. The van der Waals surface area contributed by atoms with Gasteiger partial charge in [0.1, 0.15) is 11.3 Å². The van der Waals surface area contributed by atoms with E-state index in [1.54, 1.807) is 12.2 Å². The average molecular weight is 362 g/mol. The van der Waals surface area contributed by atoms with Crippen molar-refractivity contribution < 1.29 is 24.6 Å². The third-order valence-electron chi connectivity index (χ3n) is 4.42. The molecule has 0 fully saturated rings. The maximum absolute atomic E-state index is 12.8. The van der Waals surface area contributed by atoms with Crippen LogP contribution in [0.4, 0.5) is 0 Å². The van der Waals surface area contributed by atoms with E-state index >= 15 is 0 Å². The van der Waals surface area contributed by atoms with Gasteiger partial charge in [0.2, 0.25) is 0 Å². The van der Waals surface area contributed by atoms with Crippen molar-refractivity contribution >= 4 is 17.3 Å². The molecule has 0 bridgehead atoms. The number of Topliss-reactive ketones (excluding diaryl/α,β-unsaturated/α-hetero) is 3. The molecule has 0 amide bonds. The summed E-state index contributed by atoms with van der Waals surface area (Å²) in [6.07, 6.45) is 3.39. The SMILES string of the molecule is CC(C)=CCC(=O)C1(O)C(O)=C(C(=O)CC(C)C)C(=O)[C@H]1CC=C(C)C. The summed E-state index contributed by atoms with van der Waals surface area (Å²) in [6, 6.07) is 0. The molecular weight excluding hydrogens is 332 g/mol. The highest BCUT2D eigenvalue weighted by atomic mass is 16.3. The maximum atomic E-state index is 12.8. The molecule has 5 heteroatoms. The van der Waals surface area contributed by atoms with Crippen LogP contribution in [0.15, 0.2) is 34.6 Å². The molecule has 0 aromatic heterocycles. The van der Waals surface area contributed by atoms with Crippen molar-refractivity contribution in [2.75, 3.05) is 0 Å². The number of carbonyl (C=O) groups excluding carboxylic acids is 3. The molecule has 0 aromatic rings. The lowest BCUT2D eigenvalue weighted by Gasteiger charge is -2.27. The van der Waals surface area contributed by atoms with E-state index in [1.807, 2.05) is 41.5 Å². The van der Waals surface area contributed by atoms with Crippen molar-refractivity contribution in [3.8, 4) is 0 Å². The molecule has 0 saturated carbocycles. The zero-order chi connectivity index (χ0) is 20.2. The number of carbonyl (C=O) groups is 3. The number of hydrogen-bond acceptors (Lipinski definition) is 5. The molecule has 1 unspecified atom stereocenters. The Hall–Kier alpha value is -2.01. The highest BCUT2D eigenvalue weighted by molar-refractivity contribution is 6.26. The fourth-order valence-corrected chi connectivity index (χ4v) is 2.99. The van der Waals surface area contributed by atoms with Crippen LogP contribution in [0.1, 0.15) is 60.8 Å². The Bertz CT molecular complexity index is 685. The van der Waals surface area contributed by atoms with Crippen LogP contribution in [-0.2, 0) is 14.4 Å². The van der Waals surface area contributed by atoms with Gasteiger partial charge < -0.3 is 10.2 Å². The molecule has 144 valence electrons. The van der Waals surface area contributed by atoms with E-state index in [4.69, 9.17) is 0 Å². The van der Waals surface area contributed by atoms with Crippen molar-refractivity contribution in [3.63, 3.8) is 0 Å². The summed E-state index contributed by atoms with van der Waals surface area (Å²) in [7, 11) is 0. The van der Waals surface area contributed by atoms with Crippen LogP contribution in [0.2, 0.25) is 0 Å². The van der Waals surface area contributed by atoms with Crippen LogP contribution >= 0.6 is 0 Å². The molecule has 2 N–H and O–H groups in total. The maximum Gasteiger partial charge on any atom is 0.191 e. The van der Waals surface area contributed by atoms with Crippen LogP contribution in [0, 0.1) is 11.8 Å². The summed E-state index contributed by atoms with van der Waals surface area (Å²) in [5.41, 5.74) is -0.972. The molecule has 1 aliphatic rings. The third-order valence-corrected chi connectivity index (χ3v) is 4.42. The molecule has 0 saturated heterocycles. The lowest BCUT2D eigenvalue weighted by molar-refractivity contribution is -0.144. The summed E-state index contributed by atoms with van der Waals surface area (Å²) in [4.78, 5) is 38.0. The van der Waals surface area contributed by atoms with Gasteiger partial charge >= 0.3 is 0 Å². The Morgan fingerprint density at radius 1 is 1.12 bits per heavy atom. The average Bonchev–Trinajstić information content (AvgIpc) is 2.69. The minimum Gasteiger partial charge on any atom is -0.508 e. The van der Waals surface area contributed by atoms with Crippen molar-refractivity contribution in [2.45, 2.75) is 66.4 Å². The minimum atomic E-state index is -2.35. The van der Waals surface area contributed by atoms with E-state index in [9.17, 15) is 24.6 Å². The molecular formula is C21H30O5. The van der Waals surface area contributed by atoms with Gasteiger partial charge in [-0.1, -0.05) is 37.1 Å². The number of hydrogen-bond donors (Lipinski definition) is 2. The Labute approximate surface area is 155 Å². The van der Waals surface area contributed by atoms with Gasteiger partial charge in [0.05, 0.1) is 5.92 Å². The second kappa shape index (κ2) is 8.58. The minimum absolute atomic E-state index is 0.0121. The van der Waals surface area contributed by atoms with Crippen molar-refractivity contribution in [2.24, 2.45) is 11.8 Å². The number of rotatable bonds is 8. The molecule has 0 spiro atoms. The van der Waals surface area contributed by atoms with Crippen molar-refractivity contribution in [3.05, 3.63) is 34.6 Å². The van der Waals surface area contributed by atoms with E-state index in [1.165, 1.54) is 0 Å². The van der Waals surface area contributed by atoms with Gasteiger partial charge in [0, 0.05) is 12.8 Å². The quantitative estimate of drug-likeness (QED) is 0.508. The molecule has 0 radical (unpaired) electrons. The van der Waals surface area contributed by atoms with Crippen LogP contribution < -0.4 is 0 Å². The van der Waals surface area contributed by atoms with Gasteiger partial charge in [0.25, 0.3) is 0 Å². The normalized spacial score (nSPS) is 22.6. The topological polar surface area (TPSA) is 91.7 Å². The van der Waals surface area contributed by atoms with E-state index in [0.29, 0.717) is 0 Å². The van der Waals surface area contributed by atoms with Gasteiger partial charge in [-0.2, -0.15) is 0 Å². The van der Waals surface area contributed by atoms with E-state index in [0.717, 1.165) is 11.1 Å². The first kappa shape index (κ1) is 22.0. The Balaban J connectivity index is 3.41. The summed E-state index contributed by atoms with van der Waals surface area (Å²) in [5, 5.41) is 21.6. The molecule has 1 aliphatic carbocycles. The molecule has 0 aromatic carbocycles. The van der Waals surface area contributed by atoms with Crippen LogP contribution in [0.25, 0.3) is 0 Å². The fourth-order valence-electron chi connectivity index (χ4n) is 2.99. The van der Waals surface area contributed by atoms with E-state index in [-0.39, 0.29) is 25.2 Å². The predicted octanol–water partition coefficient (Wildman–Crippen LogP) is 3.63. The molecule has 26 heavy (non-hydrogen) atoms. The van der Waals surface area contributed by atoms with Crippen molar-refractivity contribution in [1.82, 2.24) is 0 Å². The summed E-state index contributed by atoms with van der Waals surface area (Å²) in [6.45, 7) is 10.9. The first-order valence-electron chi connectivity index (χ1n) is 8.96. The zero-order valence-electron chi connectivity index (χ0n) is 16.5. The first-order valence-corrected chi connectivity index (χ1v) is 8.96. The first-order chi connectivity index (χ1) is 11.9. The number of aliphatic hydroxyl groups is 2. The Morgan fingerprint density at radius 3 is 2.12 bits per heavy atom. The van der Waals surface area contributed by atoms with E-state index < -0.39 is 40.2 Å². The summed E-state index contributed by atoms with van der Waals surface area (Å²) in [5.74, 6) is -3.84. The monoisotopic (exact) mass is 362 g/mol. The zero-order valence-corrected chi connectivity index (χ0v) is 16.5. The molecule has 0 heterocycles. The Kier molecular flexibility index (Phi) is 7.27. The summed E-state index contributed by atoms with van der Waals surface area (Å²) < 4.78 is 0. The van der Waals surface area contributed by atoms with Gasteiger partial charge in [-0.3, -0.25) is 14.4 Å². The molecule has 1 rings (SSSR count). The fraction of sp³-hybridized carbons (Fsp3) is 0.571.